The Kier molecular flexibility index (Phi) is 6.89. The second-order valence-electron chi connectivity index (χ2n) is 7.28. The molecule has 0 amide bonds. The van der Waals surface area contributed by atoms with Crippen LogP contribution in [-0.4, -0.2) is 19.8 Å². The summed E-state index contributed by atoms with van der Waals surface area (Å²) >= 11 is 0. The lowest BCUT2D eigenvalue weighted by molar-refractivity contribution is 0.213. The zero-order chi connectivity index (χ0) is 18.3. The highest BCUT2D eigenvalue weighted by Gasteiger charge is 2.19. The van der Waals surface area contributed by atoms with Crippen LogP contribution in [0.1, 0.15) is 44.4 Å². The van der Waals surface area contributed by atoms with Gasteiger partial charge in [-0.25, -0.2) is 0 Å². The van der Waals surface area contributed by atoms with Crippen molar-refractivity contribution in [3.63, 3.8) is 0 Å². The molecular formula is C22H31NO2. The molecule has 0 aliphatic heterocycles. The average Bonchev–Trinajstić information content (AvgIpc) is 2.59. The molecule has 2 rings (SSSR count). The van der Waals surface area contributed by atoms with Crippen molar-refractivity contribution < 1.29 is 9.47 Å². The minimum Gasteiger partial charge on any atom is -0.490 e. The monoisotopic (exact) mass is 341 g/mol. The van der Waals surface area contributed by atoms with Gasteiger partial charge in [-0.2, -0.15) is 0 Å². The number of rotatable bonds is 8. The molecule has 2 aromatic rings. The predicted molar refractivity (Wildman–Crippen MR) is 105 cm³/mol. The summed E-state index contributed by atoms with van der Waals surface area (Å²) < 4.78 is 11.9. The molecule has 0 aliphatic rings. The summed E-state index contributed by atoms with van der Waals surface area (Å²) in [5.74, 6) is 1.84. The lowest BCUT2D eigenvalue weighted by Crippen LogP contribution is -2.16. The van der Waals surface area contributed by atoms with Gasteiger partial charge >= 0.3 is 0 Å². The smallest absolute Gasteiger partial charge is 0.123 e. The molecule has 0 spiro atoms. The van der Waals surface area contributed by atoms with Gasteiger partial charge in [0, 0.05) is 0 Å². The topological polar surface area (TPSA) is 44.5 Å². The maximum absolute atomic E-state index is 6.04. The third-order valence-corrected chi connectivity index (χ3v) is 4.24. The second-order valence-corrected chi connectivity index (χ2v) is 7.28. The zero-order valence-electron chi connectivity index (χ0n) is 16.0. The number of para-hydroxylation sites is 1. The molecule has 0 saturated heterocycles. The highest BCUT2D eigenvalue weighted by Crippen LogP contribution is 2.32. The average molecular weight is 341 g/mol. The van der Waals surface area contributed by atoms with Crippen molar-refractivity contribution in [3.8, 4) is 11.5 Å². The van der Waals surface area contributed by atoms with Crippen LogP contribution in [0, 0.1) is 0 Å². The first kappa shape index (κ1) is 19.3. The van der Waals surface area contributed by atoms with Gasteiger partial charge in [-0.3, -0.25) is 0 Å². The van der Waals surface area contributed by atoms with E-state index in [1.807, 2.05) is 18.2 Å². The Morgan fingerprint density at radius 1 is 0.920 bits per heavy atom. The molecule has 25 heavy (non-hydrogen) atoms. The van der Waals surface area contributed by atoms with E-state index >= 15 is 0 Å². The summed E-state index contributed by atoms with van der Waals surface area (Å²) in [4.78, 5) is 0. The molecule has 2 N–H and O–H groups in total. The summed E-state index contributed by atoms with van der Waals surface area (Å²) in [6, 6.07) is 14.5. The van der Waals surface area contributed by atoms with Crippen molar-refractivity contribution in [1.29, 1.82) is 0 Å². The Morgan fingerprint density at radius 2 is 1.60 bits per heavy atom. The minimum atomic E-state index is 0.0507. The van der Waals surface area contributed by atoms with Crippen molar-refractivity contribution in [3.05, 3.63) is 59.2 Å². The summed E-state index contributed by atoms with van der Waals surface area (Å²) in [6.45, 7) is 10.5. The predicted octanol–water partition coefficient (Wildman–Crippen LogP) is 4.51. The van der Waals surface area contributed by atoms with E-state index in [2.05, 4.69) is 52.0 Å². The van der Waals surface area contributed by atoms with E-state index in [-0.39, 0.29) is 5.41 Å². The van der Waals surface area contributed by atoms with E-state index in [0.29, 0.717) is 19.8 Å². The first-order valence-electron chi connectivity index (χ1n) is 9.12. The fraction of sp³-hybridized carbons (Fsp3) is 0.455. The van der Waals surface area contributed by atoms with E-state index in [9.17, 15) is 0 Å². The highest BCUT2D eigenvalue weighted by atomic mass is 16.5. The molecule has 0 atom stereocenters. The quantitative estimate of drug-likeness (QED) is 0.719. The van der Waals surface area contributed by atoms with Gasteiger partial charge in [-0.15, -0.1) is 0 Å². The lowest BCUT2D eigenvalue weighted by Gasteiger charge is -2.24. The number of hydrogen-bond acceptors (Lipinski definition) is 3. The summed E-state index contributed by atoms with van der Waals surface area (Å²) in [6.07, 6.45) is 1.86. The van der Waals surface area contributed by atoms with Crippen LogP contribution in [0.25, 0.3) is 0 Å². The second kappa shape index (κ2) is 8.91. The number of ether oxygens (including phenoxy) is 2. The van der Waals surface area contributed by atoms with Gasteiger partial charge in [0.05, 0.1) is 0 Å². The van der Waals surface area contributed by atoms with Crippen LogP contribution < -0.4 is 15.2 Å². The summed E-state index contributed by atoms with van der Waals surface area (Å²) in [5.41, 5.74) is 9.44. The van der Waals surface area contributed by atoms with Gasteiger partial charge in [0.15, 0.2) is 0 Å². The number of benzene rings is 2. The zero-order valence-corrected chi connectivity index (χ0v) is 16.0. The first-order valence-corrected chi connectivity index (χ1v) is 9.12. The highest BCUT2D eigenvalue weighted by molar-refractivity contribution is 5.41. The molecule has 136 valence electrons. The normalized spacial score (nSPS) is 11.4. The molecule has 0 aliphatic carbocycles. The van der Waals surface area contributed by atoms with Crippen molar-refractivity contribution in [2.45, 2.75) is 46.0 Å². The lowest BCUT2D eigenvalue weighted by atomic mass is 9.85. The summed E-state index contributed by atoms with van der Waals surface area (Å²) in [7, 11) is 0. The number of nitrogens with two attached hydrogens (primary N) is 1. The summed E-state index contributed by atoms with van der Waals surface area (Å²) in [5, 5.41) is 0. The fourth-order valence-corrected chi connectivity index (χ4v) is 2.82. The van der Waals surface area contributed by atoms with Crippen molar-refractivity contribution in [2.75, 3.05) is 19.8 Å². The molecule has 0 heterocycles. The Labute approximate surface area is 152 Å². The van der Waals surface area contributed by atoms with Gasteiger partial charge in [0.1, 0.15) is 24.7 Å². The van der Waals surface area contributed by atoms with Crippen LogP contribution >= 0.6 is 0 Å². The van der Waals surface area contributed by atoms with E-state index in [0.717, 1.165) is 29.9 Å². The van der Waals surface area contributed by atoms with Crippen molar-refractivity contribution in [1.82, 2.24) is 0 Å². The van der Waals surface area contributed by atoms with E-state index < -0.39 is 0 Å². The molecule has 0 unspecified atom stereocenters. The molecule has 0 bridgehead atoms. The molecule has 3 heteroatoms. The molecule has 0 fully saturated rings. The molecule has 3 nitrogen and oxygen atoms in total. The van der Waals surface area contributed by atoms with Crippen LogP contribution in [0.15, 0.2) is 42.5 Å². The largest absolute Gasteiger partial charge is 0.490 e. The van der Waals surface area contributed by atoms with Crippen molar-refractivity contribution >= 4 is 0 Å². The van der Waals surface area contributed by atoms with Gasteiger partial charge in [0.2, 0.25) is 0 Å². The maximum Gasteiger partial charge on any atom is 0.123 e. The van der Waals surface area contributed by atoms with Gasteiger partial charge in [0.25, 0.3) is 0 Å². The Balaban J connectivity index is 1.98. The van der Waals surface area contributed by atoms with E-state index in [1.165, 1.54) is 11.1 Å². The third kappa shape index (κ3) is 5.50. The van der Waals surface area contributed by atoms with Gasteiger partial charge in [-0.1, -0.05) is 58.0 Å². The van der Waals surface area contributed by atoms with Gasteiger partial charge in [-0.05, 0) is 53.6 Å². The van der Waals surface area contributed by atoms with Crippen LogP contribution in [0.5, 0.6) is 11.5 Å². The molecule has 2 aromatic carbocycles. The van der Waals surface area contributed by atoms with Crippen molar-refractivity contribution in [2.24, 2.45) is 5.73 Å². The number of aryl methyl sites for hydroxylation is 1. The molecular weight excluding hydrogens is 310 g/mol. The Hall–Kier alpha value is -2.00. The SMILES string of the molecule is CCc1ccc(OCCOc2ccccc2CCN)c(C(C)(C)C)c1. The molecule has 0 saturated carbocycles. The molecule has 0 radical (unpaired) electrons. The Morgan fingerprint density at radius 3 is 2.24 bits per heavy atom. The maximum atomic E-state index is 6.04. The molecule has 0 aromatic heterocycles. The van der Waals surface area contributed by atoms with Crippen LogP contribution in [0.3, 0.4) is 0 Å². The number of hydrogen-bond donors (Lipinski definition) is 1. The van der Waals surface area contributed by atoms with Gasteiger partial charge < -0.3 is 15.2 Å². The van der Waals surface area contributed by atoms with Crippen LogP contribution in [0.4, 0.5) is 0 Å². The fourth-order valence-electron chi connectivity index (χ4n) is 2.82. The standard InChI is InChI=1S/C22H31NO2/c1-5-17-10-11-21(19(16-17)22(2,3)4)25-15-14-24-20-9-7-6-8-18(20)12-13-23/h6-11,16H,5,12-15,23H2,1-4H3. The van der Waals surface area contributed by atoms with Crippen LogP contribution in [0.2, 0.25) is 0 Å². The Bertz CT molecular complexity index is 674. The minimum absolute atomic E-state index is 0.0507. The van der Waals surface area contributed by atoms with E-state index in [4.69, 9.17) is 15.2 Å². The van der Waals surface area contributed by atoms with E-state index in [1.54, 1.807) is 0 Å². The third-order valence-electron chi connectivity index (χ3n) is 4.24. The van der Waals surface area contributed by atoms with Crippen LogP contribution in [-0.2, 0) is 18.3 Å². The first-order chi connectivity index (χ1) is 12.0.